The van der Waals surface area contributed by atoms with E-state index in [1.165, 1.54) is 19.3 Å². The maximum atomic E-state index is 12.3. The quantitative estimate of drug-likeness (QED) is 0.652. The summed E-state index contributed by atoms with van der Waals surface area (Å²) in [5, 5.41) is 3.55. The molecule has 0 radical (unpaired) electrons. The van der Waals surface area contributed by atoms with E-state index in [0.717, 1.165) is 56.3 Å². The molecular weight excluding hydrogens is 404 g/mol. The number of ether oxygens (including phenoxy) is 2. The summed E-state index contributed by atoms with van der Waals surface area (Å²) >= 11 is 0. The highest BCUT2D eigenvalue weighted by Crippen LogP contribution is 2.31. The van der Waals surface area contributed by atoms with E-state index in [0.29, 0.717) is 24.8 Å². The maximum absolute atomic E-state index is 12.3. The zero-order valence-electron chi connectivity index (χ0n) is 19.9. The van der Waals surface area contributed by atoms with Crippen LogP contribution in [0.4, 0.5) is 16.2 Å². The van der Waals surface area contributed by atoms with Crippen molar-refractivity contribution >= 4 is 17.5 Å². The van der Waals surface area contributed by atoms with Crippen molar-refractivity contribution in [2.24, 2.45) is 0 Å². The van der Waals surface area contributed by atoms with Crippen LogP contribution < -0.4 is 15.8 Å². The van der Waals surface area contributed by atoms with Crippen LogP contribution in [0.1, 0.15) is 65.7 Å². The number of carbonyl (C=O) groups is 1. The summed E-state index contributed by atoms with van der Waals surface area (Å²) in [6.07, 6.45) is 8.11. The lowest BCUT2D eigenvalue weighted by Crippen LogP contribution is -2.46. The number of amides is 1. The molecule has 0 spiro atoms. The Kier molecular flexibility index (Phi) is 7.03. The third kappa shape index (κ3) is 6.00. The number of nitrogens with one attached hydrogen (secondary N) is 1. The number of nitrogens with two attached hydrogens (primary N) is 1. The molecule has 0 atom stereocenters. The minimum Gasteiger partial charge on any atom is -0.490 e. The Morgan fingerprint density at radius 2 is 1.72 bits per heavy atom. The number of hydrogen-bond acceptors (Lipinski definition) is 6. The second kappa shape index (κ2) is 9.77. The molecule has 2 aliphatic heterocycles. The van der Waals surface area contributed by atoms with E-state index in [2.05, 4.69) is 10.2 Å². The molecule has 3 N–H and O–H groups in total. The van der Waals surface area contributed by atoms with Crippen molar-refractivity contribution in [2.45, 2.75) is 89.5 Å². The van der Waals surface area contributed by atoms with Gasteiger partial charge in [-0.3, -0.25) is 0 Å². The summed E-state index contributed by atoms with van der Waals surface area (Å²) in [6.45, 7) is 9.36. The lowest BCUT2D eigenvalue weighted by Gasteiger charge is -2.41. The third-order valence-electron chi connectivity index (χ3n) is 6.90. The Morgan fingerprint density at radius 1 is 1.03 bits per heavy atom. The number of nitrogens with zero attached hydrogens (tertiary/aromatic N) is 2. The molecule has 7 heteroatoms. The third-order valence-corrected chi connectivity index (χ3v) is 6.90. The molecule has 4 rings (SSSR count). The van der Waals surface area contributed by atoms with Crippen molar-refractivity contribution in [2.75, 3.05) is 37.2 Å². The molecule has 1 amide bonds. The predicted octanol–water partition coefficient (Wildman–Crippen LogP) is 4.48. The van der Waals surface area contributed by atoms with Crippen molar-refractivity contribution in [3.05, 3.63) is 18.2 Å². The first-order chi connectivity index (χ1) is 15.3. The van der Waals surface area contributed by atoms with Gasteiger partial charge in [0.05, 0.1) is 11.4 Å². The predicted molar refractivity (Wildman–Crippen MR) is 128 cm³/mol. The number of rotatable bonds is 5. The molecule has 3 aliphatic rings. The monoisotopic (exact) mass is 444 g/mol. The van der Waals surface area contributed by atoms with Gasteiger partial charge in [-0.25, -0.2) is 4.79 Å². The molecule has 1 aliphatic carbocycles. The highest BCUT2D eigenvalue weighted by Gasteiger charge is 2.30. The number of likely N-dealkylation sites (tertiary alicyclic amines) is 2. The first-order valence-electron chi connectivity index (χ1n) is 12.3. The maximum Gasteiger partial charge on any atom is 0.410 e. The molecule has 0 bridgehead atoms. The summed E-state index contributed by atoms with van der Waals surface area (Å²) in [5.41, 5.74) is 7.53. The highest BCUT2D eigenvalue weighted by atomic mass is 16.6. The van der Waals surface area contributed by atoms with Crippen LogP contribution in [-0.2, 0) is 4.74 Å². The van der Waals surface area contributed by atoms with Gasteiger partial charge in [0.25, 0.3) is 0 Å². The molecule has 2 saturated heterocycles. The zero-order chi connectivity index (χ0) is 22.7. The fourth-order valence-corrected chi connectivity index (χ4v) is 4.80. The van der Waals surface area contributed by atoms with Crippen molar-refractivity contribution < 1.29 is 14.3 Å². The molecule has 0 unspecified atom stereocenters. The van der Waals surface area contributed by atoms with Gasteiger partial charge in [0.1, 0.15) is 17.5 Å². The minimum atomic E-state index is -0.460. The van der Waals surface area contributed by atoms with E-state index in [-0.39, 0.29) is 12.2 Å². The van der Waals surface area contributed by atoms with E-state index in [1.807, 2.05) is 39.0 Å². The van der Waals surface area contributed by atoms with Gasteiger partial charge in [0.15, 0.2) is 0 Å². The molecular formula is C25H40N4O3. The van der Waals surface area contributed by atoms with Gasteiger partial charge in [-0.05, 0) is 71.4 Å². The van der Waals surface area contributed by atoms with E-state index >= 15 is 0 Å². The molecule has 1 aromatic rings. The van der Waals surface area contributed by atoms with Crippen LogP contribution in [0.3, 0.4) is 0 Å². The largest absolute Gasteiger partial charge is 0.490 e. The summed E-state index contributed by atoms with van der Waals surface area (Å²) in [7, 11) is 0. The minimum absolute atomic E-state index is 0.226. The van der Waals surface area contributed by atoms with Gasteiger partial charge >= 0.3 is 6.09 Å². The SMILES string of the molecule is CC(C)(C)OC(=O)N1CCC(Nc2ccc(OC3CCN(C4CCC4)CC3)cc2N)CC1. The first kappa shape index (κ1) is 23.0. The number of anilines is 2. The van der Waals surface area contributed by atoms with Gasteiger partial charge in [0.2, 0.25) is 0 Å². The van der Waals surface area contributed by atoms with E-state index in [1.54, 1.807) is 4.90 Å². The van der Waals surface area contributed by atoms with Crippen LogP contribution in [0.5, 0.6) is 5.75 Å². The fourth-order valence-electron chi connectivity index (χ4n) is 4.80. The van der Waals surface area contributed by atoms with Gasteiger partial charge < -0.3 is 30.3 Å². The molecule has 2 heterocycles. The summed E-state index contributed by atoms with van der Waals surface area (Å²) in [5.74, 6) is 0.856. The van der Waals surface area contributed by atoms with Crippen LogP contribution in [0.2, 0.25) is 0 Å². The highest BCUT2D eigenvalue weighted by molar-refractivity contribution is 5.69. The molecule has 7 nitrogen and oxygen atoms in total. The van der Waals surface area contributed by atoms with Gasteiger partial charge in [-0.2, -0.15) is 0 Å². The van der Waals surface area contributed by atoms with Gasteiger partial charge in [-0.15, -0.1) is 0 Å². The summed E-state index contributed by atoms with van der Waals surface area (Å²) < 4.78 is 11.7. The second-order valence-corrected chi connectivity index (χ2v) is 10.6. The van der Waals surface area contributed by atoms with E-state index in [4.69, 9.17) is 15.2 Å². The van der Waals surface area contributed by atoms with Crippen LogP contribution in [0.25, 0.3) is 0 Å². The van der Waals surface area contributed by atoms with Crippen LogP contribution in [-0.4, -0.2) is 65.9 Å². The zero-order valence-corrected chi connectivity index (χ0v) is 19.9. The van der Waals surface area contributed by atoms with E-state index < -0.39 is 5.60 Å². The Balaban J connectivity index is 1.22. The Bertz CT molecular complexity index is 774. The van der Waals surface area contributed by atoms with Crippen LogP contribution in [0, 0.1) is 0 Å². The Hall–Kier alpha value is -2.15. The lowest BCUT2D eigenvalue weighted by molar-refractivity contribution is 0.0210. The lowest BCUT2D eigenvalue weighted by atomic mass is 9.90. The Labute approximate surface area is 192 Å². The van der Waals surface area contributed by atoms with Crippen LogP contribution in [0.15, 0.2) is 18.2 Å². The molecule has 32 heavy (non-hydrogen) atoms. The number of hydrogen-bond donors (Lipinski definition) is 2. The average molecular weight is 445 g/mol. The van der Waals surface area contributed by atoms with Crippen molar-refractivity contribution in [1.82, 2.24) is 9.80 Å². The number of benzene rings is 1. The number of piperidine rings is 2. The second-order valence-electron chi connectivity index (χ2n) is 10.6. The van der Waals surface area contributed by atoms with Crippen LogP contribution >= 0.6 is 0 Å². The summed E-state index contributed by atoms with van der Waals surface area (Å²) in [4.78, 5) is 16.7. The standard InChI is InChI=1S/C25H40N4O3/c1-25(2,3)32-24(30)29-13-9-18(10-14-29)27-23-8-7-21(17-22(23)26)31-20-11-15-28(16-12-20)19-5-4-6-19/h7-8,17-20,27H,4-6,9-16,26H2,1-3H3. The van der Waals surface area contributed by atoms with Crippen molar-refractivity contribution in [3.63, 3.8) is 0 Å². The van der Waals surface area contributed by atoms with Gasteiger partial charge in [-0.1, -0.05) is 6.42 Å². The molecule has 178 valence electrons. The fraction of sp³-hybridized carbons (Fsp3) is 0.720. The first-order valence-corrected chi connectivity index (χ1v) is 12.3. The topological polar surface area (TPSA) is 80.1 Å². The Morgan fingerprint density at radius 3 is 2.28 bits per heavy atom. The molecule has 1 aromatic carbocycles. The van der Waals surface area contributed by atoms with Crippen molar-refractivity contribution in [3.8, 4) is 5.75 Å². The normalized spacial score (nSPS) is 21.8. The van der Waals surface area contributed by atoms with Gasteiger partial charge in [0, 0.05) is 44.3 Å². The summed E-state index contributed by atoms with van der Waals surface area (Å²) in [6, 6.07) is 7.10. The average Bonchev–Trinajstić information content (AvgIpc) is 2.69. The molecule has 3 fully saturated rings. The molecule has 1 saturated carbocycles. The smallest absolute Gasteiger partial charge is 0.410 e. The number of carbonyl (C=O) groups excluding carboxylic acids is 1. The molecule has 0 aromatic heterocycles. The van der Waals surface area contributed by atoms with E-state index in [9.17, 15) is 4.79 Å². The van der Waals surface area contributed by atoms with Crippen molar-refractivity contribution in [1.29, 1.82) is 0 Å². The number of nitrogen functional groups attached to an aromatic ring is 1.